The highest BCUT2D eigenvalue weighted by atomic mass is 14.1. The lowest BCUT2D eigenvalue weighted by atomic mass is 9.97. The second-order valence-electron chi connectivity index (χ2n) is 8.28. The molecule has 154 valence electrons. The van der Waals surface area contributed by atoms with Gasteiger partial charge < -0.3 is 0 Å². The molecule has 0 fully saturated rings. The molecule has 0 aromatic carbocycles. The zero-order valence-corrected chi connectivity index (χ0v) is 19.0. The van der Waals surface area contributed by atoms with Gasteiger partial charge in [0.25, 0.3) is 0 Å². The fraction of sp³-hybridized carbons (Fsp3) is 1.00. The van der Waals surface area contributed by atoms with Gasteiger partial charge in [-0.2, -0.15) is 0 Å². The van der Waals surface area contributed by atoms with Gasteiger partial charge in [-0.05, 0) is 5.92 Å². The summed E-state index contributed by atoms with van der Waals surface area (Å²) in [5.41, 5.74) is 0. The van der Waals surface area contributed by atoms with Gasteiger partial charge in [-0.15, -0.1) is 0 Å². The highest BCUT2D eigenvalue weighted by molar-refractivity contribution is 4.53. The van der Waals surface area contributed by atoms with E-state index in [9.17, 15) is 0 Å². The fourth-order valence-corrected chi connectivity index (χ4v) is 3.35. The van der Waals surface area contributed by atoms with Crippen LogP contribution in [-0.4, -0.2) is 0 Å². The summed E-state index contributed by atoms with van der Waals surface area (Å²) in [6, 6.07) is 0. The Kier molecular flexibility index (Phi) is 28.6. The SMILES string of the molecule is CCCCCCC(C)CCCC.CCCCCCCCCCCCC. The normalized spacial score (nSPS) is 11.9. The number of unbranched alkanes of at least 4 members (excludes halogenated alkanes) is 14. The van der Waals surface area contributed by atoms with Crippen LogP contribution in [0.5, 0.6) is 0 Å². The topological polar surface area (TPSA) is 0 Å². The first-order chi connectivity index (χ1) is 12.2. The zero-order chi connectivity index (χ0) is 19.0. The third-order valence-electron chi connectivity index (χ3n) is 5.31. The van der Waals surface area contributed by atoms with Crippen LogP contribution >= 0.6 is 0 Å². The average molecular weight is 355 g/mol. The second-order valence-corrected chi connectivity index (χ2v) is 8.28. The number of rotatable bonds is 18. The van der Waals surface area contributed by atoms with Crippen LogP contribution in [0.15, 0.2) is 0 Å². The molecule has 0 heterocycles. The van der Waals surface area contributed by atoms with E-state index in [0.717, 1.165) is 5.92 Å². The van der Waals surface area contributed by atoms with Gasteiger partial charge in [0.15, 0.2) is 0 Å². The third kappa shape index (κ3) is 29.0. The minimum atomic E-state index is 0.974. The molecule has 0 bridgehead atoms. The van der Waals surface area contributed by atoms with E-state index in [1.54, 1.807) is 0 Å². The largest absolute Gasteiger partial charge is 0.0654 e. The van der Waals surface area contributed by atoms with E-state index in [2.05, 4.69) is 34.6 Å². The predicted octanol–water partition coefficient (Wildman–Crippen LogP) is 10.1. The molecule has 0 aliphatic heterocycles. The van der Waals surface area contributed by atoms with Crippen LogP contribution in [0.4, 0.5) is 0 Å². The van der Waals surface area contributed by atoms with Crippen LogP contribution in [0.1, 0.15) is 157 Å². The van der Waals surface area contributed by atoms with Gasteiger partial charge >= 0.3 is 0 Å². The molecular formula is C25H54. The van der Waals surface area contributed by atoms with Gasteiger partial charge in [-0.1, -0.05) is 157 Å². The van der Waals surface area contributed by atoms with Crippen molar-refractivity contribution in [2.75, 3.05) is 0 Å². The minimum absolute atomic E-state index is 0.974. The van der Waals surface area contributed by atoms with Crippen molar-refractivity contribution in [1.82, 2.24) is 0 Å². The molecule has 0 aliphatic carbocycles. The molecule has 0 aromatic heterocycles. The first-order valence-electron chi connectivity index (χ1n) is 12.2. The maximum absolute atomic E-state index is 2.40. The van der Waals surface area contributed by atoms with Crippen LogP contribution in [0.2, 0.25) is 0 Å². The molecule has 0 spiro atoms. The zero-order valence-electron chi connectivity index (χ0n) is 19.0. The molecule has 0 radical (unpaired) electrons. The third-order valence-corrected chi connectivity index (χ3v) is 5.31. The van der Waals surface area contributed by atoms with Crippen molar-refractivity contribution in [3.8, 4) is 0 Å². The fourth-order valence-electron chi connectivity index (χ4n) is 3.35. The lowest BCUT2D eigenvalue weighted by molar-refractivity contribution is 0.445. The van der Waals surface area contributed by atoms with Crippen molar-refractivity contribution in [3.63, 3.8) is 0 Å². The molecule has 25 heavy (non-hydrogen) atoms. The second kappa shape index (κ2) is 26.2. The Morgan fingerprint density at radius 2 is 0.640 bits per heavy atom. The first kappa shape index (κ1) is 27.2. The van der Waals surface area contributed by atoms with Crippen molar-refractivity contribution in [2.24, 2.45) is 5.92 Å². The van der Waals surface area contributed by atoms with Gasteiger partial charge in [0.2, 0.25) is 0 Å². The van der Waals surface area contributed by atoms with Crippen molar-refractivity contribution in [3.05, 3.63) is 0 Å². The predicted molar refractivity (Wildman–Crippen MR) is 120 cm³/mol. The minimum Gasteiger partial charge on any atom is -0.0654 e. The first-order valence-corrected chi connectivity index (χ1v) is 12.2. The van der Waals surface area contributed by atoms with E-state index >= 15 is 0 Å². The Morgan fingerprint density at radius 3 is 1.00 bits per heavy atom. The van der Waals surface area contributed by atoms with Gasteiger partial charge in [-0.25, -0.2) is 0 Å². The molecule has 0 saturated carbocycles. The van der Waals surface area contributed by atoms with Crippen molar-refractivity contribution >= 4 is 0 Å². The summed E-state index contributed by atoms with van der Waals surface area (Å²) in [4.78, 5) is 0. The molecule has 0 aliphatic rings. The van der Waals surface area contributed by atoms with E-state index in [1.807, 2.05) is 0 Å². The summed E-state index contributed by atoms with van der Waals surface area (Å²) in [5.74, 6) is 0.974. The molecule has 0 heteroatoms. The molecule has 0 aromatic rings. The quantitative estimate of drug-likeness (QED) is 0.215. The molecule has 1 unspecified atom stereocenters. The standard InChI is InChI=1S/C13H28.C12H26/c1-3-5-7-9-11-13-12-10-8-6-4-2;1-4-6-8-9-11-12(3)10-7-5-2/h3-13H2,1-2H3;12H,4-11H2,1-3H3. The lowest BCUT2D eigenvalue weighted by Crippen LogP contribution is -1.94. The molecule has 0 saturated heterocycles. The van der Waals surface area contributed by atoms with Crippen LogP contribution < -0.4 is 0 Å². The van der Waals surface area contributed by atoms with E-state index in [1.165, 1.54) is 122 Å². The van der Waals surface area contributed by atoms with Crippen molar-refractivity contribution in [1.29, 1.82) is 0 Å². The van der Waals surface area contributed by atoms with E-state index in [4.69, 9.17) is 0 Å². The van der Waals surface area contributed by atoms with E-state index < -0.39 is 0 Å². The average Bonchev–Trinajstić information content (AvgIpc) is 2.63. The van der Waals surface area contributed by atoms with E-state index in [-0.39, 0.29) is 0 Å². The summed E-state index contributed by atoms with van der Waals surface area (Å²) in [7, 11) is 0. The maximum atomic E-state index is 2.40. The van der Waals surface area contributed by atoms with Crippen LogP contribution in [0.3, 0.4) is 0 Å². The van der Waals surface area contributed by atoms with Crippen LogP contribution in [-0.2, 0) is 0 Å². The summed E-state index contributed by atoms with van der Waals surface area (Å²) in [6.45, 7) is 11.5. The summed E-state index contributed by atoms with van der Waals surface area (Å²) in [6.07, 6.45) is 27.3. The molecule has 0 N–H and O–H groups in total. The number of hydrogen-bond donors (Lipinski definition) is 0. The molecule has 0 amide bonds. The lowest BCUT2D eigenvalue weighted by Gasteiger charge is -2.09. The van der Waals surface area contributed by atoms with Crippen molar-refractivity contribution < 1.29 is 0 Å². The summed E-state index contributed by atoms with van der Waals surface area (Å²) >= 11 is 0. The molecule has 1 atom stereocenters. The molecule has 0 rings (SSSR count). The number of hydrogen-bond acceptors (Lipinski definition) is 0. The Balaban J connectivity index is 0. The van der Waals surface area contributed by atoms with Gasteiger partial charge in [0.1, 0.15) is 0 Å². The summed E-state index contributed by atoms with van der Waals surface area (Å²) in [5, 5.41) is 0. The van der Waals surface area contributed by atoms with Crippen LogP contribution in [0, 0.1) is 5.92 Å². The Hall–Kier alpha value is 0. The van der Waals surface area contributed by atoms with Crippen LogP contribution in [0.25, 0.3) is 0 Å². The highest BCUT2D eigenvalue weighted by Gasteiger charge is 2.00. The summed E-state index contributed by atoms with van der Waals surface area (Å²) < 4.78 is 0. The Labute approximate surface area is 163 Å². The Morgan fingerprint density at radius 1 is 0.360 bits per heavy atom. The molecule has 0 nitrogen and oxygen atoms in total. The molecular weight excluding hydrogens is 300 g/mol. The smallest absolute Gasteiger partial charge is 0.0443 e. The van der Waals surface area contributed by atoms with Gasteiger partial charge in [-0.3, -0.25) is 0 Å². The highest BCUT2D eigenvalue weighted by Crippen LogP contribution is 2.16. The Bertz CT molecular complexity index is 186. The van der Waals surface area contributed by atoms with E-state index in [0.29, 0.717) is 0 Å². The van der Waals surface area contributed by atoms with Gasteiger partial charge in [0.05, 0.1) is 0 Å². The van der Waals surface area contributed by atoms with Gasteiger partial charge in [0, 0.05) is 0 Å². The maximum Gasteiger partial charge on any atom is -0.0443 e. The van der Waals surface area contributed by atoms with Crippen molar-refractivity contribution in [2.45, 2.75) is 157 Å². The monoisotopic (exact) mass is 354 g/mol.